The van der Waals surface area contributed by atoms with Crippen molar-refractivity contribution in [1.82, 2.24) is 0 Å². The first kappa shape index (κ1) is 14.3. The van der Waals surface area contributed by atoms with Gasteiger partial charge in [0.15, 0.2) is 0 Å². The van der Waals surface area contributed by atoms with Gasteiger partial charge in [0, 0.05) is 22.4 Å². The fourth-order valence-electron chi connectivity index (χ4n) is 1.46. The minimum Gasteiger partial charge on any atom is -0.0508 e. The second-order valence-corrected chi connectivity index (χ2v) is 7.71. The summed E-state index contributed by atoms with van der Waals surface area (Å²) in [6, 6.07) is 10.2. The Morgan fingerprint density at radius 2 is 1.24 bits per heavy atom. The molecule has 0 heterocycles. The highest BCUT2D eigenvalue weighted by atomic mass is 79.9. The van der Waals surface area contributed by atoms with E-state index in [9.17, 15) is 0 Å². The average Bonchev–Trinajstić information content (AvgIpc) is 2.27. The molecule has 0 spiro atoms. The van der Waals surface area contributed by atoms with Gasteiger partial charge in [0.2, 0.25) is 0 Å². The first-order valence-electron chi connectivity index (χ1n) is 4.59. The number of hydrogen-bond acceptors (Lipinski definition) is 0. The monoisotopic (exact) mass is 544 g/mol. The van der Waals surface area contributed by atoms with E-state index >= 15 is 0 Å². The molecular weight excluding hydrogens is 544 g/mol. The summed E-state index contributed by atoms with van der Waals surface area (Å²) in [6.07, 6.45) is 0. The molecule has 0 N–H and O–H groups in total. The van der Waals surface area contributed by atoms with Gasteiger partial charge in [-0.1, -0.05) is 47.8 Å². The summed E-state index contributed by atoms with van der Waals surface area (Å²) in [7, 11) is 0. The highest BCUT2D eigenvalue weighted by Gasteiger charge is 2.11. The van der Waals surface area contributed by atoms with Crippen LogP contribution in [0.15, 0.2) is 52.7 Å². The Morgan fingerprint density at radius 1 is 0.588 bits per heavy atom. The van der Waals surface area contributed by atoms with Crippen molar-refractivity contribution in [2.45, 2.75) is 0 Å². The lowest BCUT2D eigenvalue weighted by atomic mass is 10.1. The van der Waals surface area contributed by atoms with E-state index in [1.54, 1.807) is 0 Å². The third-order valence-corrected chi connectivity index (χ3v) is 5.87. The Balaban J connectivity index is 2.72. The summed E-state index contributed by atoms with van der Waals surface area (Å²) in [5, 5.41) is 0. The lowest BCUT2D eigenvalue weighted by molar-refractivity contribution is 1.49. The average molecular weight is 549 g/mol. The molecule has 2 aromatic rings. The predicted octanol–water partition coefficient (Wildman–Crippen LogP) is 7.17. The first-order valence-corrected chi connectivity index (χ1v) is 8.55. The number of halogens is 5. The molecule has 0 nitrogen and oxygen atoms in total. The summed E-state index contributed by atoms with van der Waals surface area (Å²) in [5.41, 5.74) is 2.26. The molecular formula is C12H5Br5. The van der Waals surface area contributed by atoms with Crippen molar-refractivity contribution in [1.29, 1.82) is 0 Å². The van der Waals surface area contributed by atoms with Gasteiger partial charge in [0.05, 0.1) is 0 Å². The fourth-order valence-corrected chi connectivity index (χ4v) is 3.94. The van der Waals surface area contributed by atoms with Crippen LogP contribution in [0, 0.1) is 0 Å². The van der Waals surface area contributed by atoms with Gasteiger partial charge in [-0.3, -0.25) is 0 Å². The van der Waals surface area contributed by atoms with Crippen LogP contribution >= 0.6 is 79.6 Å². The molecule has 0 aliphatic heterocycles. The van der Waals surface area contributed by atoms with E-state index in [2.05, 4.69) is 91.8 Å². The third-order valence-electron chi connectivity index (χ3n) is 2.21. The van der Waals surface area contributed by atoms with Crippen LogP contribution in [0.2, 0.25) is 0 Å². The molecule has 2 rings (SSSR count). The maximum absolute atomic E-state index is 3.61. The maximum atomic E-state index is 3.61. The molecule has 0 fully saturated rings. The number of rotatable bonds is 1. The van der Waals surface area contributed by atoms with Crippen molar-refractivity contribution < 1.29 is 0 Å². The zero-order valence-electron chi connectivity index (χ0n) is 8.28. The Hall–Kier alpha value is 0.840. The van der Waals surface area contributed by atoms with Crippen LogP contribution in [-0.4, -0.2) is 0 Å². The van der Waals surface area contributed by atoms with Crippen molar-refractivity contribution in [3.63, 3.8) is 0 Å². The van der Waals surface area contributed by atoms with E-state index < -0.39 is 0 Å². The van der Waals surface area contributed by atoms with E-state index in [0.717, 1.165) is 33.5 Å². The molecule has 17 heavy (non-hydrogen) atoms. The zero-order valence-corrected chi connectivity index (χ0v) is 16.2. The van der Waals surface area contributed by atoms with Crippen LogP contribution in [0.25, 0.3) is 11.1 Å². The first-order chi connectivity index (χ1) is 7.99. The molecule has 0 aromatic heterocycles. The fraction of sp³-hybridized carbons (Fsp3) is 0. The standard InChI is InChI=1S/C12H5Br5/c13-6-1-2-10(15)8(3-6)9-4-7(14)5-11(16)12(9)17/h1-5H. The molecule has 0 bridgehead atoms. The minimum atomic E-state index is 1.02. The van der Waals surface area contributed by atoms with Gasteiger partial charge < -0.3 is 0 Å². The van der Waals surface area contributed by atoms with E-state index in [0.29, 0.717) is 0 Å². The molecule has 2 aromatic carbocycles. The van der Waals surface area contributed by atoms with Crippen molar-refractivity contribution in [2.75, 3.05) is 0 Å². The van der Waals surface area contributed by atoms with Crippen molar-refractivity contribution in [2.24, 2.45) is 0 Å². The quantitative estimate of drug-likeness (QED) is 0.332. The SMILES string of the molecule is Brc1ccc(Br)c(-c2cc(Br)cc(Br)c2Br)c1. The van der Waals surface area contributed by atoms with Gasteiger partial charge in [0.1, 0.15) is 0 Å². The number of hydrogen-bond donors (Lipinski definition) is 0. The lowest BCUT2D eigenvalue weighted by Crippen LogP contribution is -1.84. The Morgan fingerprint density at radius 3 is 1.94 bits per heavy atom. The molecule has 88 valence electrons. The summed E-state index contributed by atoms with van der Waals surface area (Å²) >= 11 is 17.7. The van der Waals surface area contributed by atoms with Gasteiger partial charge in [-0.2, -0.15) is 0 Å². The van der Waals surface area contributed by atoms with Crippen LogP contribution in [-0.2, 0) is 0 Å². The molecule has 0 saturated heterocycles. The summed E-state index contributed by atoms with van der Waals surface area (Å²) in [5.74, 6) is 0. The van der Waals surface area contributed by atoms with E-state index in [4.69, 9.17) is 0 Å². The normalized spacial score (nSPS) is 10.6. The molecule has 0 radical (unpaired) electrons. The van der Waals surface area contributed by atoms with Crippen LogP contribution in [0.4, 0.5) is 0 Å². The summed E-state index contributed by atoms with van der Waals surface area (Å²) < 4.78 is 5.22. The van der Waals surface area contributed by atoms with Gasteiger partial charge in [-0.05, 0) is 73.3 Å². The third kappa shape index (κ3) is 3.24. The minimum absolute atomic E-state index is 1.02. The van der Waals surface area contributed by atoms with Crippen molar-refractivity contribution >= 4 is 79.6 Å². The largest absolute Gasteiger partial charge is 0.0508 e. The Bertz CT molecular complexity index is 577. The van der Waals surface area contributed by atoms with E-state index in [1.165, 1.54) is 0 Å². The van der Waals surface area contributed by atoms with Gasteiger partial charge in [0.25, 0.3) is 0 Å². The second-order valence-electron chi connectivity index (χ2n) is 3.37. The Labute approximate surface area is 142 Å². The van der Waals surface area contributed by atoms with Crippen LogP contribution in [0.5, 0.6) is 0 Å². The molecule has 0 atom stereocenters. The molecule has 0 unspecified atom stereocenters. The van der Waals surface area contributed by atoms with Crippen LogP contribution in [0.1, 0.15) is 0 Å². The number of benzene rings is 2. The van der Waals surface area contributed by atoms with Crippen molar-refractivity contribution in [3.8, 4) is 11.1 Å². The zero-order chi connectivity index (χ0) is 12.6. The van der Waals surface area contributed by atoms with Crippen molar-refractivity contribution in [3.05, 3.63) is 52.7 Å². The van der Waals surface area contributed by atoms with Gasteiger partial charge in [-0.15, -0.1) is 0 Å². The second kappa shape index (κ2) is 5.87. The molecule has 0 aliphatic rings. The highest BCUT2D eigenvalue weighted by Crippen LogP contribution is 2.40. The molecule has 0 aliphatic carbocycles. The van der Waals surface area contributed by atoms with Gasteiger partial charge >= 0.3 is 0 Å². The maximum Gasteiger partial charge on any atom is 0.0397 e. The van der Waals surface area contributed by atoms with Crippen LogP contribution < -0.4 is 0 Å². The summed E-state index contributed by atoms with van der Waals surface area (Å²) in [4.78, 5) is 0. The highest BCUT2D eigenvalue weighted by molar-refractivity contribution is 9.13. The Kier molecular flexibility index (Phi) is 4.92. The van der Waals surface area contributed by atoms with Gasteiger partial charge in [-0.25, -0.2) is 0 Å². The lowest BCUT2D eigenvalue weighted by Gasteiger charge is -2.10. The van der Waals surface area contributed by atoms with E-state index in [1.807, 2.05) is 18.2 Å². The molecule has 0 saturated carbocycles. The van der Waals surface area contributed by atoms with Crippen LogP contribution in [0.3, 0.4) is 0 Å². The molecule has 0 amide bonds. The summed E-state index contributed by atoms with van der Waals surface area (Å²) in [6.45, 7) is 0. The molecule has 5 heteroatoms. The van der Waals surface area contributed by atoms with E-state index in [-0.39, 0.29) is 0 Å². The smallest absolute Gasteiger partial charge is 0.0397 e. The topological polar surface area (TPSA) is 0 Å². The predicted molar refractivity (Wildman–Crippen MR) is 90.4 cm³/mol.